The largest absolute Gasteiger partial charge is 0.410 e. The summed E-state index contributed by atoms with van der Waals surface area (Å²) in [6, 6.07) is 7.51. The van der Waals surface area contributed by atoms with E-state index in [1.807, 2.05) is 6.92 Å². The number of thioether (sulfide) groups is 1. The van der Waals surface area contributed by atoms with Crippen molar-refractivity contribution in [2.24, 2.45) is 5.92 Å². The van der Waals surface area contributed by atoms with E-state index in [2.05, 4.69) is 28.5 Å². The first-order valence-corrected chi connectivity index (χ1v) is 11.8. The van der Waals surface area contributed by atoms with Crippen molar-refractivity contribution in [1.29, 1.82) is 0 Å². The fourth-order valence-corrected chi connectivity index (χ4v) is 5.77. The molecule has 2 atom stereocenters. The normalized spacial score (nSPS) is 20.0. The maximum absolute atomic E-state index is 12.6. The Morgan fingerprint density at radius 2 is 2.17 bits per heavy atom. The first-order chi connectivity index (χ1) is 14.5. The van der Waals surface area contributed by atoms with Crippen molar-refractivity contribution in [3.05, 3.63) is 45.8 Å². The van der Waals surface area contributed by atoms with Gasteiger partial charge in [0.05, 0.1) is 16.5 Å². The van der Waals surface area contributed by atoms with E-state index >= 15 is 0 Å². The van der Waals surface area contributed by atoms with Crippen LogP contribution in [-0.2, 0) is 17.6 Å². The Morgan fingerprint density at radius 3 is 3.03 bits per heavy atom. The topological polar surface area (TPSA) is 85.1 Å². The molecule has 0 saturated heterocycles. The summed E-state index contributed by atoms with van der Waals surface area (Å²) in [5.41, 5.74) is 3.64. The third kappa shape index (κ3) is 3.58. The minimum Gasteiger partial charge on any atom is -0.410 e. The van der Waals surface area contributed by atoms with Gasteiger partial charge in [-0.15, -0.1) is 21.5 Å². The number of hydrogen-bond donors (Lipinski definition) is 1. The van der Waals surface area contributed by atoms with Crippen LogP contribution in [0.15, 0.2) is 33.9 Å². The van der Waals surface area contributed by atoms with Crippen molar-refractivity contribution in [3.63, 3.8) is 0 Å². The highest BCUT2D eigenvalue weighted by Gasteiger charge is 2.27. The highest BCUT2D eigenvalue weighted by Crippen LogP contribution is 2.37. The molecule has 1 aliphatic heterocycles. The van der Waals surface area contributed by atoms with E-state index in [1.165, 1.54) is 28.6 Å². The summed E-state index contributed by atoms with van der Waals surface area (Å²) in [5, 5.41) is 11.5. The van der Waals surface area contributed by atoms with Crippen LogP contribution in [-0.4, -0.2) is 27.6 Å². The van der Waals surface area contributed by atoms with Gasteiger partial charge in [0.15, 0.2) is 5.78 Å². The van der Waals surface area contributed by atoms with E-state index in [4.69, 9.17) is 4.42 Å². The van der Waals surface area contributed by atoms with Crippen LogP contribution < -0.4 is 5.32 Å². The number of rotatable bonds is 5. The van der Waals surface area contributed by atoms with E-state index in [0.29, 0.717) is 16.7 Å². The number of hydrogen-bond acceptors (Lipinski definition) is 7. The lowest BCUT2D eigenvalue weighted by molar-refractivity contribution is -0.116. The zero-order valence-electron chi connectivity index (χ0n) is 16.7. The predicted molar refractivity (Wildman–Crippen MR) is 117 cm³/mol. The lowest BCUT2D eigenvalue weighted by atomic mass is 9.90. The molecule has 8 heteroatoms. The van der Waals surface area contributed by atoms with E-state index < -0.39 is 0 Å². The van der Waals surface area contributed by atoms with Gasteiger partial charge in [-0.2, -0.15) is 0 Å². The minimum absolute atomic E-state index is 0.0327. The molecule has 0 bridgehead atoms. The van der Waals surface area contributed by atoms with Crippen LogP contribution >= 0.6 is 23.1 Å². The number of aromatic nitrogens is 2. The van der Waals surface area contributed by atoms with Crippen molar-refractivity contribution in [1.82, 2.24) is 10.2 Å². The summed E-state index contributed by atoms with van der Waals surface area (Å²) in [7, 11) is 0. The number of benzene rings is 1. The number of carbonyl (C=O) groups is 2. The average Bonchev–Trinajstić information content (AvgIpc) is 3.43. The zero-order chi connectivity index (χ0) is 20.8. The van der Waals surface area contributed by atoms with Crippen LogP contribution in [0.1, 0.15) is 52.5 Å². The van der Waals surface area contributed by atoms with Crippen molar-refractivity contribution < 1.29 is 14.0 Å². The number of anilines is 1. The molecule has 1 N–H and O–H groups in total. The third-order valence-corrected chi connectivity index (χ3v) is 7.81. The van der Waals surface area contributed by atoms with Crippen molar-refractivity contribution in [3.8, 4) is 10.8 Å². The van der Waals surface area contributed by atoms with Gasteiger partial charge < -0.3 is 9.73 Å². The molecule has 1 aliphatic carbocycles. The maximum Gasteiger partial charge on any atom is 0.277 e. The second-order valence-electron chi connectivity index (χ2n) is 8.00. The Kier molecular flexibility index (Phi) is 4.99. The highest BCUT2D eigenvalue weighted by atomic mass is 32.2. The summed E-state index contributed by atoms with van der Waals surface area (Å²) < 4.78 is 5.81. The number of fused-ring (bicyclic) bond motifs is 2. The van der Waals surface area contributed by atoms with Gasteiger partial charge in [0.25, 0.3) is 11.1 Å². The monoisotopic (exact) mass is 439 g/mol. The molecule has 6 nitrogen and oxygen atoms in total. The summed E-state index contributed by atoms with van der Waals surface area (Å²) in [6.45, 7) is 4.13. The summed E-state index contributed by atoms with van der Waals surface area (Å²) in [4.78, 5) is 26.9. The molecule has 0 spiro atoms. The van der Waals surface area contributed by atoms with Gasteiger partial charge in [0.2, 0.25) is 5.91 Å². The van der Waals surface area contributed by atoms with Gasteiger partial charge >= 0.3 is 0 Å². The molecule has 0 unspecified atom stereocenters. The number of nitrogens with zero attached hydrogens (tertiary/aromatic N) is 2. The standard InChI is InChI=1S/C22H21N3O3S2/c1-11-3-6-18-14(7-11)9-19(30-18)21-24-25-22(28-21)29-10-17(26)13-4-5-16-15(8-13)12(2)20(27)23-16/h4-5,8-9,11-12H,3,6-7,10H2,1-2H3,(H,23,27)/t11-,12+/m1/s1. The Balaban J connectivity index is 1.26. The van der Waals surface area contributed by atoms with Crippen LogP contribution in [0.3, 0.4) is 0 Å². The molecule has 0 radical (unpaired) electrons. The number of carbonyl (C=O) groups excluding carboxylic acids is 2. The van der Waals surface area contributed by atoms with E-state index in [1.54, 1.807) is 29.5 Å². The first kappa shape index (κ1) is 19.5. The SMILES string of the molecule is C[C@@H]1CCc2sc(-c3nnc(SCC(=O)c4ccc5c(c4)[C@H](C)C(=O)N5)o3)cc2C1. The number of thiophene rings is 1. The van der Waals surface area contributed by atoms with Crippen LogP contribution in [0.4, 0.5) is 5.69 Å². The van der Waals surface area contributed by atoms with Gasteiger partial charge in [0.1, 0.15) is 0 Å². The Labute approximate surface area is 182 Å². The first-order valence-electron chi connectivity index (χ1n) is 10.0. The second kappa shape index (κ2) is 7.67. The molecule has 1 amide bonds. The molecule has 2 aliphatic rings. The van der Waals surface area contributed by atoms with Gasteiger partial charge in [-0.3, -0.25) is 9.59 Å². The summed E-state index contributed by atoms with van der Waals surface area (Å²) in [5.74, 6) is 1.14. The van der Waals surface area contributed by atoms with Gasteiger partial charge in [-0.25, -0.2) is 0 Å². The molecular weight excluding hydrogens is 418 g/mol. The molecule has 154 valence electrons. The van der Waals surface area contributed by atoms with Gasteiger partial charge in [-0.1, -0.05) is 18.7 Å². The van der Waals surface area contributed by atoms with Crippen molar-refractivity contribution >= 4 is 40.5 Å². The average molecular weight is 440 g/mol. The number of amides is 1. The molecule has 30 heavy (non-hydrogen) atoms. The van der Waals surface area contributed by atoms with Crippen molar-refractivity contribution in [2.45, 2.75) is 44.3 Å². The molecule has 5 rings (SSSR count). The van der Waals surface area contributed by atoms with Crippen LogP contribution in [0.2, 0.25) is 0 Å². The smallest absolute Gasteiger partial charge is 0.277 e. The summed E-state index contributed by atoms with van der Waals surface area (Å²) >= 11 is 2.97. The molecule has 0 saturated carbocycles. The molecule has 3 heterocycles. The highest BCUT2D eigenvalue weighted by molar-refractivity contribution is 7.99. The molecular formula is C22H21N3O3S2. The van der Waals surface area contributed by atoms with E-state index in [0.717, 1.165) is 34.9 Å². The lowest BCUT2D eigenvalue weighted by Crippen LogP contribution is -2.08. The molecule has 1 aromatic carbocycles. The summed E-state index contributed by atoms with van der Waals surface area (Å²) in [6.07, 6.45) is 3.45. The van der Waals surface area contributed by atoms with Crippen LogP contribution in [0.25, 0.3) is 10.8 Å². The van der Waals surface area contributed by atoms with Crippen molar-refractivity contribution in [2.75, 3.05) is 11.1 Å². The second-order valence-corrected chi connectivity index (χ2v) is 10.1. The Bertz CT molecular complexity index is 1150. The minimum atomic E-state index is -0.237. The number of ketones is 1. The lowest BCUT2D eigenvalue weighted by Gasteiger charge is -2.16. The van der Waals surface area contributed by atoms with Crippen LogP contribution in [0, 0.1) is 5.92 Å². The quantitative estimate of drug-likeness (QED) is 0.447. The fraction of sp³-hybridized carbons (Fsp3) is 0.364. The Hall–Kier alpha value is -2.45. The predicted octanol–water partition coefficient (Wildman–Crippen LogP) is 4.95. The fourth-order valence-electron chi connectivity index (χ4n) is 3.98. The maximum atomic E-state index is 12.6. The van der Waals surface area contributed by atoms with E-state index in [-0.39, 0.29) is 23.4 Å². The molecule has 2 aromatic heterocycles. The van der Waals surface area contributed by atoms with Crippen LogP contribution in [0.5, 0.6) is 0 Å². The zero-order valence-corrected chi connectivity index (χ0v) is 18.4. The third-order valence-electron chi connectivity index (χ3n) is 5.76. The number of aryl methyl sites for hydroxylation is 1. The van der Waals surface area contributed by atoms with Gasteiger partial charge in [0, 0.05) is 16.1 Å². The molecule has 0 fully saturated rings. The Morgan fingerprint density at radius 1 is 1.30 bits per heavy atom. The van der Waals surface area contributed by atoms with E-state index in [9.17, 15) is 9.59 Å². The molecule has 3 aromatic rings. The number of Topliss-reactive ketones (excluding diaryl/α,β-unsaturated/α-hetero) is 1. The van der Waals surface area contributed by atoms with Gasteiger partial charge in [-0.05, 0) is 67.5 Å². The number of nitrogens with one attached hydrogen (secondary N) is 1.